The van der Waals surface area contributed by atoms with Gasteiger partial charge in [-0.3, -0.25) is 4.79 Å². The molecule has 0 radical (unpaired) electrons. The Labute approximate surface area is 119 Å². The molecule has 7 heteroatoms. The van der Waals surface area contributed by atoms with Crippen LogP contribution >= 0.6 is 11.3 Å². The quantitative estimate of drug-likeness (QED) is 0.841. The maximum Gasteiger partial charge on any atom is 0.354 e. The van der Waals surface area contributed by atoms with E-state index in [1.807, 2.05) is 0 Å². The zero-order valence-corrected chi connectivity index (χ0v) is 11.8. The molecule has 0 aliphatic rings. The van der Waals surface area contributed by atoms with Crippen LogP contribution in [0, 0.1) is 0 Å². The van der Waals surface area contributed by atoms with Crippen molar-refractivity contribution < 1.29 is 14.3 Å². The predicted octanol–water partition coefficient (Wildman–Crippen LogP) is 1.79. The molecule has 2 aromatic rings. The van der Waals surface area contributed by atoms with Gasteiger partial charge in [-0.2, -0.15) is 0 Å². The Hall–Kier alpha value is -2.41. The highest BCUT2D eigenvalue weighted by Crippen LogP contribution is 2.16. The molecule has 0 atom stereocenters. The highest BCUT2D eigenvalue weighted by atomic mass is 32.1. The molecular formula is C13H13N3O3S. The lowest BCUT2D eigenvalue weighted by molar-refractivity contribution is 0.0594. The molecule has 0 spiro atoms. The third kappa shape index (κ3) is 3.12. The van der Waals surface area contributed by atoms with Crippen LogP contribution < -0.4 is 5.32 Å². The van der Waals surface area contributed by atoms with Gasteiger partial charge in [-0.1, -0.05) is 0 Å². The van der Waals surface area contributed by atoms with E-state index in [1.165, 1.54) is 24.6 Å². The number of carbonyl (C=O) groups is 2. The summed E-state index contributed by atoms with van der Waals surface area (Å²) in [5, 5.41) is 3.25. The maximum atomic E-state index is 11.4. The van der Waals surface area contributed by atoms with E-state index >= 15 is 0 Å². The number of carbonyl (C=O) groups excluding carboxylic acids is 2. The first-order valence-corrected chi connectivity index (χ1v) is 6.59. The summed E-state index contributed by atoms with van der Waals surface area (Å²) in [5.74, 6) is -0.573. The van der Waals surface area contributed by atoms with Crippen LogP contribution in [0.3, 0.4) is 0 Å². The molecule has 104 valence electrons. The molecule has 0 bridgehead atoms. The monoisotopic (exact) mass is 291 g/mol. The molecule has 0 aromatic carbocycles. The van der Waals surface area contributed by atoms with Crippen molar-refractivity contribution in [2.45, 2.75) is 0 Å². The number of hydrogen-bond donors (Lipinski definition) is 2. The minimum Gasteiger partial charge on any atom is -0.464 e. The fourth-order valence-electron chi connectivity index (χ4n) is 1.49. The van der Waals surface area contributed by atoms with E-state index in [0.29, 0.717) is 15.6 Å². The third-order valence-corrected chi connectivity index (χ3v) is 3.46. The van der Waals surface area contributed by atoms with Crippen LogP contribution in [-0.4, -0.2) is 36.0 Å². The fourth-order valence-corrected chi connectivity index (χ4v) is 2.26. The topological polar surface area (TPSA) is 84.1 Å². The third-order valence-electron chi connectivity index (χ3n) is 2.49. The Morgan fingerprint density at radius 1 is 1.40 bits per heavy atom. The predicted molar refractivity (Wildman–Crippen MR) is 76.6 cm³/mol. The van der Waals surface area contributed by atoms with Crippen LogP contribution in [-0.2, 0) is 4.74 Å². The summed E-state index contributed by atoms with van der Waals surface area (Å²) in [6, 6.07) is 3.40. The van der Waals surface area contributed by atoms with Crippen molar-refractivity contribution in [1.29, 1.82) is 0 Å². The first kappa shape index (κ1) is 14.0. The number of rotatable bonds is 4. The molecule has 0 aliphatic heterocycles. The van der Waals surface area contributed by atoms with Gasteiger partial charge in [-0.05, 0) is 24.3 Å². The fraction of sp³-hybridized carbons (Fsp3) is 0.154. The minimum atomic E-state index is -0.416. The molecule has 6 nitrogen and oxygen atoms in total. The number of aromatic nitrogens is 2. The van der Waals surface area contributed by atoms with Crippen molar-refractivity contribution >= 4 is 35.4 Å². The molecular weight excluding hydrogens is 278 g/mol. The zero-order valence-electron chi connectivity index (χ0n) is 11.0. The van der Waals surface area contributed by atoms with Crippen LogP contribution in [0.4, 0.5) is 0 Å². The average Bonchev–Trinajstić information content (AvgIpc) is 3.12. The van der Waals surface area contributed by atoms with Crippen molar-refractivity contribution in [2.75, 3.05) is 14.2 Å². The van der Waals surface area contributed by atoms with Crippen LogP contribution in [0.5, 0.6) is 0 Å². The Bertz CT molecular complexity index is 601. The lowest BCUT2D eigenvalue weighted by Crippen LogP contribution is -2.16. The number of nitrogens with one attached hydrogen (secondary N) is 2. The smallest absolute Gasteiger partial charge is 0.354 e. The second-order valence-corrected chi connectivity index (χ2v) is 4.86. The summed E-state index contributed by atoms with van der Waals surface area (Å²) in [7, 11) is 2.90. The van der Waals surface area contributed by atoms with Gasteiger partial charge in [0, 0.05) is 12.7 Å². The van der Waals surface area contributed by atoms with Crippen molar-refractivity contribution in [3.8, 4) is 0 Å². The van der Waals surface area contributed by atoms with Gasteiger partial charge in [-0.25, -0.2) is 9.78 Å². The van der Waals surface area contributed by atoms with Crippen LogP contribution in [0.15, 0.2) is 18.3 Å². The number of amides is 1. The standard InChI is InChI=1S/C13H13N3O3S/c1-14-12(17)10-7-15-11(20-10)6-4-8-3-5-9(16-8)13(18)19-2/h3-7,16H,1-2H3,(H,14,17). The largest absolute Gasteiger partial charge is 0.464 e. The minimum absolute atomic E-state index is 0.157. The second kappa shape index (κ2) is 6.16. The van der Waals surface area contributed by atoms with Crippen LogP contribution in [0.2, 0.25) is 0 Å². The summed E-state index contributed by atoms with van der Waals surface area (Å²) < 4.78 is 4.61. The van der Waals surface area contributed by atoms with Crippen molar-refractivity contribution in [3.05, 3.63) is 39.6 Å². The first-order valence-electron chi connectivity index (χ1n) is 5.77. The highest BCUT2D eigenvalue weighted by Gasteiger charge is 2.08. The van der Waals surface area contributed by atoms with E-state index in [-0.39, 0.29) is 5.91 Å². The van der Waals surface area contributed by atoms with Gasteiger partial charge < -0.3 is 15.0 Å². The van der Waals surface area contributed by atoms with Gasteiger partial charge in [0.1, 0.15) is 15.6 Å². The van der Waals surface area contributed by atoms with Gasteiger partial charge >= 0.3 is 5.97 Å². The number of aromatic amines is 1. The molecule has 2 N–H and O–H groups in total. The number of esters is 1. The lowest BCUT2D eigenvalue weighted by atomic mass is 10.4. The van der Waals surface area contributed by atoms with E-state index in [1.54, 1.807) is 31.3 Å². The highest BCUT2D eigenvalue weighted by molar-refractivity contribution is 7.14. The Morgan fingerprint density at radius 3 is 2.90 bits per heavy atom. The second-order valence-electron chi connectivity index (χ2n) is 3.79. The van der Waals surface area contributed by atoms with Crippen LogP contribution in [0.1, 0.15) is 30.9 Å². The Kier molecular flexibility index (Phi) is 4.31. The van der Waals surface area contributed by atoms with Crippen LogP contribution in [0.25, 0.3) is 12.2 Å². The van der Waals surface area contributed by atoms with Gasteiger partial charge in [0.25, 0.3) is 5.91 Å². The molecule has 2 heterocycles. The van der Waals surface area contributed by atoms with Gasteiger partial charge in [0.2, 0.25) is 0 Å². The Morgan fingerprint density at radius 2 is 2.20 bits per heavy atom. The summed E-state index contributed by atoms with van der Waals surface area (Å²) in [6.07, 6.45) is 5.07. The number of hydrogen-bond acceptors (Lipinski definition) is 5. The summed E-state index contributed by atoms with van der Waals surface area (Å²) >= 11 is 1.29. The van der Waals surface area contributed by atoms with E-state index in [9.17, 15) is 9.59 Å². The van der Waals surface area contributed by atoms with Gasteiger partial charge in [0.15, 0.2) is 0 Å². The number of thiazole rings is 1. The van der Waals surface area contributed by atoms with Gasteiger partial charge in [-0.15, -0.1) is 11.3 Å². The molecule has 20 heavy (non-hydrogen) atoms. The summed E-state index contributed by atoms with van der Waals surface area (Å²) in [4.78, 5) is 30.3. The number of ether oxygens (including phenoxy) is 1. The lowest BCUT2D eigenvalue weighted by Gasteiger charge is -1.93. The van der Waals surface area contributed by atoms with Crippen molar-refractivity contribution in [2.24, 2.45) is 0 Å². The Balaban J connectivity index is 2.09. The molecule has 0 saturated carbocycles. The molecule has 0 aliphatic carbocycles. The summed E-state index contributed by atoms with van der Waals surface area (Å²) in [5.41, 5.74) is 1.14. The molecule has 0 saturated heterocycles. The normalized spacial score (nSPS) is 10.7. The number of methoxy groups -OCH3 is 1. The van der Waals surface area contributed by atoms with E-state index in [0.717, 1.165) is 5.69 Å². The first-order chi connectivity index (χ1) is 9.63. The molecule has 2 rings (SSSR count). The SMILES string of the molecule is CNC(=O)c1cnc(C=Cc2ccc(C(=O)OC)[nH]2)s1. The maximum absolute atomic E-state index is 11.4. The summed E-state index contributed by atoms with van der Waals surface area (Å²) in [6.45, 7) is 0. The van der Waals surface area contributed by atoms with Crippen molar-refractivity contribution in [1.82, 2.24) is 15.3 Å². The number of nitrogens with zero attached hydrogens (tertiary/aromatic N) is 1. The average molecular weight is 291 g/mol. The van der Waals surface area contributed by atoms with Crippen molar-refractivity contribution in [3.63, 3.8) is 0 Å². The molecule has 0 fully saturated rings. The molecule has 2 aromatic heterocycles. The van der Waals surface area contributed by atoms with Gasteiger partial charge in [0.05, 0.1) is 13.3 Å². The molecule has 0 unspecified atom stereocenters. The number of H-pyrrole nitrogens is 1. The van der Waals surface area contributed by atoms with E-state index < -0.39 is 5.97 Å². The van der Waals surface area contributed by atoms with E-state index in [2.05, 4.69) is 20.0 Å². The zero-order chi connectivity index (χ0) is 14.5. The van der Waals surface area contributed by atoms with E-state index in [4.69, 9.17) is 0 Å². The molecule has 1 amide bonds.